The van der Waals surface area contributed by atoms with Gasteiger partial charge in [0.05, 0.1) is 19.6 Å². The summed E-state index contributed by atoms with van der Waals surface area (Å²) in [7, 11) is 0. The van der Waals surface area contributed by atoms with E-state index in [-0.39, 0.29) is 11.5 Å². The lowest BCUT2D eigenvalue weighted by Crippen LogP contribution is -2.16. The Bertz CT molecular complexity index is 991. The first-order valence-corrected chi connectivity index (χ1v) is 9.92. The highest BCUT2D eigenvalue weighted by Gasteiger charge is 2.14. The van der Waals surface area contributed by atoms with Crippen molar-refractivity contribution < 1.29 is 14.3 Å². The van der Waals surface area contributed by atoms with E-state index in [4.69, 9.17) is 4.42 Å². The molecule has 0 spiro atoms. The summed E-state index contributed by atoms with van der Waals surface area (Å²) < 4.78 is 8.23. The van der Waals surface area contributed by atoms with E-state index < -0.39 is 5.91 Å². The van der Waals surface area contributed by atoms with E-state index >= 15 is 0 Å². The number of nitrogens with one attached hydrogen (secondary N) is 1. The average Bonchev–Trinajstić information content (AvgIpc) is 2.96. The van der Waals surface area contributed by atoms with Crippen LogP contribution in [0.3, 0.4) is 0 Å². The molecule has 5 nitrogen and oxygen atoms in total. The van der Waals surface area contributed by atoms with E-state index in [2.05, 4.69) is 74.2 Å². The summed E-state index contributed by atoms with van der Waals surface area (Å²) in [5.74, 6) is -0.216. The molecule has 1 amide bonds. The molecule has 0 unspecified atom stereocenters. The smallest absolute Gasteiger partial charge is 0.307 e. The number of amides is 1. The molecule has 3 aromatic rings. The molecule has 0 bridgehead atoms. The molecule has 0 radical (unpaired) electrons. The Morgan fingerprint density at radius 3 is 2.40 bits per heavy atom. The number of benzene rings is 2. The summed E-state index contributed by atoms with van der Waals surface area (Å²) in [5, 5.41) is 14.4. The molecule has 0 aliphatic rings. The van der Waals surface area contributed by atoms with Crippen LogP contribution >= 0.6 is 63.7 Å². The van der Waals surface area contributed by atoms with Crippen molar-refractivity contribution in [3.05, 3.63) is 59.5 Å². The van der Waals surface area contributed by atoms with Gasteiger partial charge in [0, 0.05) is 9.86 Å². The largest absolute Gasteiger partial charge is 0.506 e. The Morgan fingerprint density at radius 2 is 1.72 bits per heavy atom. The Morgan fingerprint density at radius 1 is 1.04 bits per heavy atom. The first kappa shape index (κ1) is 18.6. The lowest BCUT2D eigenvalue weighted by molar-refractivity contribution is 0.0929. The van der Waals surface area contributed by atoms with Crippen LogP contribution in [0.15, 0.2) is 57.7 Å². The minimum Gasteiger partial charge on any atom is -0.506 e. The molecule has 2 N–H and O–H groups in total. The quantitative estimate of drug-likeness (QED) is 0.290. The molecule has 3 rings (SSSR count). The molecule has 128 valence electrons. The van der Waals surface area contributed by atoms with E-state index in [1.807, 2.05) is 12.1 Å². The van der Waals surface area contributed by atoms with Crippen LogP contribution in [0.25, 0.3) is 11.0 Å². The van der Waals surface area contributed by atoms with Gasteiger partial charge in [-0.3, -0.25) is 4.79 Å². The van der Waals surface area contributed by atoms with Gasteiger partial charge in [-0.25, -0.2) is 5.43 Å². The summed E-state index contributed by atoms with van der Waals surface area (Å²) in [6.07, 6.45) is 1.46. The van der Waals surface area contributed by atoms with Crippen molar-refractivity contribution in [1.82, 2.24) is 5.43 Å². The van der Waals surface area contributed by atoms with Crippen LogP contribution < -0.4 is 5.43 Å². The third-order valence-electron chi connectivity index (χ3n) is 3.18. The Balaban J connectivity index is 1.78. The predicted molar refractivity (Wildman–Crippen MR) is 110 cm³/mol. The summed E-state index contributed by atoms with van der Waals surface area (Å²) in [5.41, 5.74) is 3.69. The van der Waals surface area contributed by atoms with Crippen LogP contribution in [0.5, 0.6) is 5.75 Å². The van der Waals surface area contributed by atoms with Crippen molar-refractivity contribution in [3.8, 4) is 5.75 Å². The van der Waals surface area contributed by atoms with Crippen LogP contribution in [-0.4, -0.2) is 17.2 Å². The lowest BCUT2D eigenvalue weighted by Gasteiger charge is -2.02. The number of hydrogen-bond acceptors (Lipinski definition) is 4. The minimum atomic E-state index is -0.465. The van der Waals surface area contributed by atoms with Gasteiger partial charge in [0.25, 0.3) is 0 Å². The second-order valence-electron chi connectivity index (χ2n) is 4.95. The normalized spacial score (nSPS) is 11.4. The summed E-state index contributed by atoms with van der Waals surface area (Å²) in [6, 6.07) is 8.68. The molecule has 0 fully saturated rings. The van der Waals surface area contributed by atoms with Crippen molar-refractivity contribution in [2.45, 2.75) is 0 Å². The topological polar surface area (TPSA) is 74.8 Å². The molecular weight excluding hydrogens is 588 g/mol. The molecule has 0 saturated heterocycles. The summed E-state index contributed by atoms with van der Waals surface area (Å²) in [4.78, 5) is 12.2. The lowest BCUT2D eigenvalue weighted by atomic mass is 10.2. The molecule has 0 aliphatic heterocycles. The Labute approximate surface area is 176 Å². The van der Waals surface area contributed by atoms with Gasteiger partial charge < -0.3 is 9.52 Å². The zero-order valence-corrected chi connectivity index (χ0v) is 18.5. The molecule has 1 aromatic heterocycles. The van der Waals surface area contributed by atoms with E-state index in [1.54, 1.807) is 18.2 Å². The fraction of sp³-hybridized carbons (Fsp3) is 0. The fourth-order valence-corrected chi connectivity index (χ4v) is 4.63. The van der Waals surface area contributed by atoms with Gasteiger partial charge in [-0.1, -0.05) is 15.9 Å². The van der Waals surface area contributed by atoms with Gasteiger partial charge in [0.1, 0.15) is 11.3 Å². The Hall–Kier alpha value is -1.16. The molecule has 9 heteroatoms. The number of phenolic OH excluding ortho intramolecular Hbond substituents is 1. The maximum absolute atomic E-state index is 12.2. The van der Waals surface area contributed by atoms with Gasteiger partial charge in [0.15, 0.2) is 5.76 Å². The first-order valence-electron chi connectivity index (χ1n) is 6.75. The molecule has 0 atom stereocenters. The van der Waals surface area contributed by atoms with Crippen molar-refractivity contribution in [2.24, 2.45) is 5.10 Å². The van der Waals surface area contributed by atoms with Crippen LogP contribution in [0.2, 0.25) is 0 Å². The number of carbonyl (C=O) groups is 1. The third kappa shape index (κ3) is 4.16. The number of nitrogens with zero attached hydrogens (tertiary/aromatic N) is 1. The van der Waals surface area contributed by atoms with Crippen LogP contribution in [-0.2, 0) is 0 Å². The van der Waals surface area contributed by atoms with E-state index in [1.165, 1.54) is 6.21 Å². The van der Waals surface area contributed by atoms with E-state index in [9.17, 15) is 9.90 Å². The van der Waals surface area contributed by atoms with E-state index in [0.717, 1.165) is 14.3 Å². The fourth-order valence-electron chi connectivity index (χ4n) is 2.07. The van der Waals surface area contributed by atoms with Gasteiger partial charge >= 0.3 is 5.91 Å². The molecule has 0 aliphatic carbocycles. The van der Waals surface area contributed by atoms with Crippen LogP contribution in [0, 0.1) is 0 Å². The molecule has 25 heavy (non-hydrogen) atoms. The first-order chi connectivity index (χ1) is 11.8. The summed E-state index contributed by atoms with van der Waals surface area (Å²) in [6.45, 7) is 0. The third-order valence-corrected chi connectivity index (χ3v) is 5.43. The second kappa shape index (κ2) is 7.61. The number of rotatable bonds is 3. The van der Waals surface area contributed by atoms with Crippen LogP contribution in [0.1, 0.15) is 16.1 Å². The monoisotopic (exact) mass is 592 g/mol. The number of halogens is 4. The van der Waals surface area contributed by atoms with Crippen molar-refractivity contribution in [2.75, 3.05) is 0 Å². The summed E-state index contributed by atoms with van der Waals surface area (Å²) >= 11 is 13.3. The van der Waals surface area contributed by atoms with Crippen molar-refractivity contribution >= 4 is 86.8 Å². The standard InChI is InChI=1S/C16H8Br4N2O3/c17-9-3-8-4-13(25-15(8)12(20)5-9)16(24)22-21-6-7-1-10(18)14(23)11(19)2-7/h1-6,23H,(H,22,24)/b21-6-. The maximum Gasteiger partial charge on any atom is 0.307 e. The number of hydrazone groups is 1. The number of furan rings is 1. The number of aromatic hydroxyl groups is 1. The van der Waals surface area contributed by atoms with Gasteiger partial charge in [-0.2, -0.15) is 5.10 Å². The second-order valence-corrected chi connectivity index (χ2v) is 8.43. The minimum absolute atomic E-state index is 0.0974. The van der Waals surface area contributed by atoms with Crippen molar-refractivity contribution in [3.63, 3.8) is 0 Å². The zero-order valence-electron chi connectivity index (χ0n) is 12.2. The molecule has 0 saturated carbocycles. The number of phenols is 1. The predicted octanol–water partition coefficient (Wildman–Crippen LogP) is 5.95. The van der Waals surface area contributed by atoms with Gasteiger partial charge in [-0.05, 0) is 83.7 Å². The van der Waals surface area contributed by atoms with E-state index in [0.29, 0.717) is 20.1 Å². The highest BCUT2D eigenvalue weighted by atomic mass is 79.9. The van der Waals surface area contributed by atoms with Crippen LogP contribution in [0.4, 0.5) is 0 Å². The van der Waals surface area contributed by atoms with Gasteiger partial charge in [-0.15, -0.1) is 0 Å². The molecular formula is C16H8Br4N2O3. The molecule has 1 heterocycles. The highest BCUT2D eigenvalue weighted by molar-refractivity contribution is 9.11. The number of carbonyl (C=O) groups excluding carboxylic acids is 1. The number of fused-ring (bicyclic) bond motifs is 1. The highest BCUT2D eigenvalue weighted by Crippen LogP contribution is 2.33. The van der Waals surface area contributed by atoms with Crippen molar-refractivity contribution in [1.29, 1.82) is 0 Å². The number of hydrogen-bond donors (Lipinski definition) is 2. The molecule has 2 aromatic carbocycles. The zero-order chi connectivity index (χ0) is 18.1. The average molecular weight is 596 g/mol. The Kier molecular flexibility index (Phi) is 5.67. The maximum atomic E-state index is 12.2. The SMILES string of the molecule is O=C(N/N=C\c1cc(Br)c(O)c(Br)c1)c1cc2cc(Br)cc(Br)c2o1. The van der Waals surface area contributed by atoms with Gasteiger partial charge in [0.2, 0.25) is 0 Å².